The van der Waals surface area contributed by atoms with Gasteiger partial charge in [-0.05, 0) is 32.2 Å². The van der Waals surface area contributed by atoms with Crippen LogP contribution in [0.1, 0.15) is 58.8 Å². The van der Waals surface area contributed by atoms with Crippen LogP contribution < -0.4 is 0 Å². The molecule has 0 bridgehead atoms. The molecule has 0 saturated carbocycles. The van der Waals surface area contributed by atoms with E-state index in [9.17, 15) is 4.79 Å². The fourth-order valence-electron chi connectivity index (χ4n) is 2.84. The second kappa shape index (κ2) is 6.89. The molecule has 0 radical (unpaired) electrons. The van der Waals surface area contributed by atoms with Gasteiger partial charge < -0.3 is 5.11 Å². The third-order valence-corrected chi connectivity index (χ3v) is 3.65. The molecule has 0 aromatic heterocycles. The summed E-state index contributed by atoms with van der Waals surface area (Å²) in [6.45, 7) is 5.41. The number of carbonyl (C=O) groups is 1. The van der Waals surface area contributed by atoms with Gasteiger partial charge in [0.25, 0.3) is 0 Å². The Labute approximate surface area is 98.8 Å². The van der Waals surface area contributed by atoms with Crippen molar-refractivity contribution < 1.29 is 9.90 Å². The summed E-state index contributed by atoms with van der Waals surface area (Å²) in [7, 11) is 0. The minimum Gasteiger partial charge on any atom is -0.481 e. The van der Waals surface area contributed by atoms with Crippen LogP contribution in [0.3, 0.4) is 0 Å². The number of aliphatic carboxylic acids is 1. The Bertz CT molecular complexity index is 216. The summed E-state index contributed by atoms with van der Waals surface area (Å²) in [6, 6.07) is 0.873. The van der Waals surface area contributed by atoms with Gasteiger partial charge in [0.2, 0.25) is 0 Å². The van der Waals surface area contributed by atoms with Crippen molar-refractivity contribution in [3.8, 4) is 0 Å². The molecular formula is C13H25NO2. The molecular weight excluding hydrogens is 202 g/mol. The summed E-state index contributed by atoms with van der Waals surface area (Å²) in [5.74, 6) is -0.660. The molecule has 1 fully saturated rings. The lowest BCUT2D eigenvalue weighted by molar-refractivity contribution is -0.138. The number of carboxylic acids is 1. The lowest BCUT2D eigenvalue weighted by Crippen LogP contribution is -2.46. The van der Waals surface area contributed by atoms with Crippen molar-refractivity contribution in [1.29, 1.82) is 0 Å². The molecule has 3 heteroatoms. The number of hydrogen-bond acceptors (Lipinski definition) is 2. The summed E-state index contributed by atoms with van der Waals surface area (Å²) in [5, 5.41) is 8.94. The topological polar surface area (TPSA) is 40.5 Å². The number of likely N-dealkylation sites (tertiary alicyclic amines) is 1. The van der Waals surface area contributed by atoms with E-state index < -0.39 is 5.97 Å². The maximum absolute atomic E-state index is 10.8. The fourth-order valence-corrected chi connectivity index (χ4v) is 2.84. The molecule has 1 saturated heterocycles. The van der Waals surface area contributed by atoms with Gasteiger partial charge >= 0.3 is 5.97 Å². The van der Waals surface area contributed by atoms with Gasteiger partial charge in [0.1, 0.15) is 0 Å². The predicted molar refractivity (Wildman–Crippen MR) is 65.6 cm³/mol. The first-order valence-corrected chi connectivity index (χ1v) is 6.66. The zero-order valence-electron chi connectivity index (χ0n) is 10.6. The minimum atomic E-state index is -0.660. The Morgan fingerprint density at radius 3 is 2.75 bits per heavy atom. The van der Waals surface area contributed by atoms with Crippen molar-refractivity contribution in [3.63, 3.8) is 0 Å². The quantitative estimate of drug-likeness (QED) is 0.758. The second-order valence-corrected chi connectivity index (χ2v) is 4.84. The predicted octanol–water partition coefficient (Wildman–Crippen LogP) is 2.89. The zero-order chi connectivity index (χ0) is 12.0. The zero-order valence-corrected chi connectivity index (χ0v) is 10.6. The maximum Gasteiger partial charge on any atom is 0.304 e. The van der Waals surface area contributed by atoms with Crippen LogP contribution in [0.4, 0.5) is 0 Å². The molecule has 94 valence electrons. The number of rotatable bonds is 6. The van der Waals surface area contributed by atoms with E-state index in [2.05, 4.69) is 18.7 Å². The highest BCUT2D eigenvalue weighted by molar-refractivity contribution is 5.67. The molecule has 1 heterocycles. The van der Waals surface area contributed by atoms with Gasteiger partial charge in [-0.1, -0.05) is 26.7 Å². The number of nitrogens with zero attached hydrogens (tertiary/aromatic N) is 1. The van der Waals surface area contributed by atoms with Crippen LogP contribution in [0.5, 0.6) is 0 Å². The van der Waals surface area contributed by atoms with E-state index in [1.807, 2.05) is 0 Å². The average Bonchev–Trinajstić information content (AvgIpc) is 2.27. The first-order valence-electron chi connectivity index (χ1n) is 6.66. The van der Waals surface area contributed by atoms with Crippen LogP contribution in [0.25, 0.3) is 0 Å². The van der Waals surface area contributed by atoms with Crippen LogP contribution in [-0.4, -0.2) is 34.6 Å². The highest BCUT2D eigenvalue weighted by Crippen LogP contribution is 2.25. The second-order valence-electron chi connectivity index (χ2n) is 4.84. The van der Waals surface area contributed by atoms with Crippen molar-refractivity contribution in [1.82, 2.24) is 4.90 Å². The van der Waals surface area contributed by atoms with Crippen molar-refractivity contribution in [2.75, 3.05) is 6.54 Å². The van der Waals surface area contributed by atoms with E-state index >= 15 is 0 Å². The molecule has 3 nitrogen and oxygen atoms in total. The molecule has 0 aromatic carbocycles. The maximum atomic E-state index is 10.8. The minimum absolute atomic E-state index is 0.245. The molecule has 0 aromatic rings. The van der Waals surface area contributed by atoms with E-state index in [-0.39, 0.29) is 6.04 Å². The fraction of sp³-hybridized carbons (Fsp3) is 0.923. The molecule has 0 amide bonds. The average molecular weight is 227 g/mol. The molecule has 1 rings (SSSR count). The monoisotopic (exact) mass is 227 g/mol. The molecule has 1 aliphatic heterocycles. The molecule has 2 atom stereocenters. The lowest BCUT2D eigenvalue weighted by atomic mass is 9.94. The Hall–Kier alpha value is -0.570. The highest BCUT2D eigenvalue weighted by atomic mass is 16.4. The van der Waals surface area contributed by atoms with Gasteiger partial charge in [0, 0.05) is 12.1 Å². The van der Waals surface area contributed by atoms with Crippen LogP contribution in [0, 0.1) is 0 Å². The third kappa shape index (κ3) is 3.78. The Kier molecular flexibility index (Phi) is 5.81. The summed E-state index contributed by atoms with van der Waals surface area (Å²) >= 11 is 0. The van der Waals surface area contributed by atoms with Crippen molar-refractivity contribution >= 4 is 5.97 Å². The lowest BCUT2D eigenvalue weighted by Gasteiger charge is -2.40. The van der Waals surface area contributed by atoms with Crippen LogP contribution >= 0.6 is 0 Å². The highest BCUT2D eigenvalue weighted by Gasteiger charge is 2.28. The third-order valence-electron chi connectivity index (χ3n) is 3.65. The van der Waals surface area contributed by atoms with Gasteiger partial charge in [0.05, 0.1) is 6.42 Å². The van der Waals surface area contributed by atoms with E-state index in [1.54, 1.807) is 0 Å². The van der Waals surface area contributed by atoms with E-state index in [1.165, 1.54) is 32.1 Å². The van der Waals surface area contributed by atoms with Crippen LogP contribution in [0.2, 0.25) is 0 Å². The van der Waals surface area contributed by atoms with Crippen molar-refractivity contribution in [3.05, 3.63) is 0 Å². The van der Waals surface area contributed by atoms with Gasteiger partial charge in [-0.15, -0.1) is 0 Å². The smallest absolute Gasteiger partial charge is 0.304 e. The number of hydrogen-bond donors (Lipinski definition) is 1. The van der Waals surface area contributed by atoms with E-state index in [4.69, 9.17) is 5.11 Å². The van der Waals surface area contributed by atoms with Gasteiger partial charge in [-0.3, -0.25) is 9.69 Å². The van der Waals surface area contributed by atoms with Gasteiger partial charge in [-0.25, -0.2) is 0 Å². The molecule has 0 aliphatic carbocycles. The standard InChI is InChI=1S/C13H25NO2/c1-3-7-12-8-5-6-9-14(12)11(4-2)10-13(15)16/h11-12H,3-10H2,1-2H3,(H,15,16). The summed E-state index contributed by atoms with van der Waals surface area (Å²) in [6.07, 6.45) is 7.47. The van der Waals surface area contributed by atoms with Gasteiger partial charge in [-0.2, -0.15) is 0 Å². The summed E-state index contributed by atoms with van der Waals surface area (Å²) in [4.78, 5) is 13.3. The molecule has 2 unspecified atom stereocenters. The molecule has 1 aliphatic rings. The van der Waals surface area contributed by atoms with E-state index in [0.29, 0.717) is 12.5 Å². The van der Waals surface area contributed by atoms with Crippen LogP contribution in [0.15, 0.2) is 0 Å². The van der Waals surface area contributed by atoms with E-state index in [0.717, 1.165) is 13.0 Å². The van der Waals surface area contributed by atoms with Crippen LogP contribution in [-0.2, 0) is 4.79 Å². The molecule has 1 N–H and O–H groups in total. The normalized spacial score (nSPS) is 24.2. The molecule has 0 spiro atoms. The summed E-state index contributed by atoms with van der Waals surface area (Å²) < 4.78 is 0. The van der Waals surface area contributed by atoms with Gasteiger partial charge in [0.15, 0.2) is 0 Å². The Morgan fingerprint density at radius 2 is 2.19 bits per heavy atom. The Morgan fingerprint density at radius 1 is 1.44 bits per heavy atom. The summed E-state index contributed by atoms with van der Waals surface area (Å²) in [5.41, 5.74) is 0. The van der Waals surface area contributed by atoms with Crippen molar-refractivity contribution in [2.45, 2.75) is 70.9 Å². The number of carboxylic acid groups (broad SMARTS) is 1. The van der Waals surface area contributed by atoms with Crippen molar-refractivity contribution in [2.24, 2.45) is 0 Å². The molecule has 16 heavy (non-hydrogen) atoms. The SMILES string of the molecule is CCCC1CCCCN1C(CC)CC(=O)O. The first-order chi connectivity index (χ1) is 7.69. The first kappa shape index (κ1) is 13.5. The Balaban J connectivity index is 2.59. The number of piperidine rings is 1. The largest absolute Gasteiger partial charge is 0.481 e.